The Hall–Kier alpha value is -0.120. The maximum atomic E-state index is 9.30. The van der Waals surface area contributed by atoms with Gasteiger partial charge in [-0.1, -0.05) is 13.8 Å². The molecule has 0 radical (unpaired) electrons. The standard InChI is InChI=1S/C10H22O3/c1-9(2)7-12-5-6-13-8-10(3,4)11/h9,11H,5-8H2,1-4H3. The Morgan fingerprint density at radius 2 is 1.69 bits per heavy atom. The third-order valence-electron chi connectivity index (χ3n) is 1.28. The minimum Gasteiger partial charge on any atom is -0.388 e. The van der Waals surface area contributed by atoms with Gasteiger partial charge in [-0.25, -0.2) is 0 Å². The van der Waals surface area contributed by atoms with Crippen molar-refractivity contribution in [1.29, 1.82) is 0 Å². The molecule has 0 amide bonds. The molecule has 1 N–H and O–H groups in total. The maximum Gasteiger partial charge on any atom is 0.0824 e. The van der Waals surface area contributed by atoms with Gasteiger partial charge in [0, 0.05) is 6.61 Å². The number of aliphatic hydroxyl groups is 1. The molecule has 0 saturated heterocycles. The lowest BCUT2D eigenvalue weighted by molar-refractivity contribution is -0.0391. The molecule has 0 bridgehead atoms. The van der Waals surface area contributed by atoms with Crippen LogP contribution in [0.3, 0.4) is 0 Å². The molecule has 0 spiro atoms. The zero-order valence-corrected chi connectivity index (χ0v) is 9.17. The molecular weight excluding hydrogens is 168 g/mol. The van der Waals surface area contributed by atoms with Crippen molar-refractivity contribution in [2.45, 2.75) is 33.3 Å². The molecule has 3 heteroatoms. The molecule has 0 aliphatic rings. The van der Waals surface area contributed by atoms with E-state index in [1.807, 2.05) is 0 Å². The zero-order chi connectivity index (χ0) is 10.3. The van der Waals surface area contributed by atoms with Gasteiger partial charge in [-0.15, -0.1) is 0 Å². The van der Waals surface area contributed by atoms with Gasteiger partial charge in [-0.2, -0.15) is 0 Å². The Kier molecular flexibility index (Phi) is 6.29. The fraction of sp³-hybridized carbons (Fsp3) is 1.00. The van der Waals surface area contributed by atoms with E-state index in [-0.39, 0.29) is 0 Å². The van der Waals surface area contributed by atoms with Gasteiger partial charge in [0.2, 0.25) is 0 Å². The van der Waals surface area contributed by atoms with Gasteiger partial charge in [0.25, 0.3) is 0 Å². The van der Waals surface area contributed by atoms with Gasteiger partial charge >= 0.3 is 0 Å². The third kappa shape index (κ3) is 11.9. The van der Waals surface area contributed by atoms with E-state index in [0.717, 1.165) is 6.61 Å². The predicted molar refractivity (Wildman–Crippen MR) is 52.8 cm³/mol. The molecule has 0 aliphatic heterocycles. The van der Waals surface area contributed by atoms with Crippen LogP contribution in [0.5, 0.6) is 0 Å². The van der Waals surface area contributed by atoms with Crippen molar-refractivity contribution >= 4 is 0 Å². The van der Waals surface area contributed by atoms with Crippen molar-refractivity contribution in [3.8, 4) is 0 Å². The molecule has 0 saturated carbocycles. The Bertz CT molecular complexity index is 116. The van der Waals surface area contributed by atoms with Crippen molar-refractivity contribution in [1.82, 2.24) is 0 Å². The topological polar surface area (TPSA) is 38.7 Å². The number of rotatable bonds is 7. The van der Waals surface area contributed by atoms with E-state index in [2.05, 4.69) is 13.8 Å². The van der Waals surface area contributed by atoms with E-state index in [0.29, 0.717) is 25.7 Å². The summed E-state index contributed by atoms with van der Waals surface area (Å²) >= 11 is 0. The van der Waals surface area contributed by atoms with Crippen molar-refractivity contribution in [3.63, 3.8) is 0 Å². The van der Waals surface area contributed by atoms with E-state index in [1.165, 1.54) is 0 Å². The van der Waals surface area contributed by atoms with Gasteiger partial charge in [0.05, 0.1) is 25.4 Å². The van der Waals surface area contributed by atoms with Crippen LogP contribution in [0.15, 0.2) is 0 Å². The lowest BCUT2D eigenvalue weighted by atomic mass is 10.2. The smallest absolute Gasteiger partial charge is 0.0824 e. The second kappa shape index (κ2) is 6.35. The molecule has 3 nitrogen and oxygen atoms in total. The van der Waals surface area contributed by atoms with Crippen molar-refractivity contribution in [2.24, 2.45) is 5.92 Å². The van der Waals surface area contributed by atoms with Crippen LogP contribution in [0, 0.1) is 5.92 Å². The third-order valence-corrected chi connectivity index (χ3v) is 1.28. The second-order valence-electron chi connectivity index (χ2n) is 4.33. The second-order valence-corrected chi connectivity index (χ2v) is 4.33. The molecule has 0 aromatic carbocycles. The van der Waals surface area contributed by atoms with Crippen molar-refractivity contribution in [3.05, 3.63) is 0 Å². The average molecular weight is 190 g/mol. The quantitative estimate of drug-likeness (QED) is 0.617. The molecule has 0 unspecified atom stereocenters. The molecule has 0 aromatic rings. The van der Waals surface area contributed by atoms with Crippen LogP contribution in [0.2, 0.25) is 0 Å². The number of hydrogen-bond donors (Lipinski definition) is 1. The fourth-order valence-corrected chi connectivity index (χ4v) is 0.759. The lowest BCUT2D eigenvalue weighted by Crippen LogP contribution is -2.27. The van der Waals surface area contributed by atoms with Gasteiger partial charge < -0.3 is 14.6 Å². The Labute approximate surface area is 81.0 Å². The van der Waals surface area contributed by atoms with Gasteiger partial charge in [-0.3, -0.25) is 0 Å². The van der Waals surface area contributed by atoms with Gasteiger partial charge in [0.15, 0.2) is 0 Å². The predicted octanol–water partition coefficient (Wildman–Crippen LogP) is 1.45. The normalized spacial score (nSPS) is 12.5. The van der Waals surface area contributed by atoms with Crippen LogP contribution in [0.1, 0.15) is 27.7 Å². The number of hydrogen-bond acceptors (Lipinski definition) is 3. The minimum atomic E-state index is -0.738. The van der Waals surface area contributed by atoms with Gasteiger partial charge in [-0.05, 0) is 19.8 Å². The lowest BCUT2D eigenvalue weighted by Gasteiger charge is -2.16. The number of ether oxygens (including phenoxy) is 2. The first kappa shape index (κ1) is 12.9. The SMILES string of the molecule is CC(C)COCCOCC(C)(C)O. The highest BCUT2D eigenvalue weighted by Crippen LogP contribution is 2.00. The first-order valence-corrected chi connectivity index (χ1v) is 4.79. The summed E-state index contributed by atoms with van der Waals surface area (Å²) in [5.74, 6) is 0.564. The van der Waals surface area contributed by atoms with Crippen LogP contribution in [-0.4, -0.2) is 37.1 Å². The Morgan fingerprint density at radius 3 is 2.15 bits per heavy atom. The highest BCUT2D eigenvalue weighted by atomic mass is 16.5. The minimum absolute atomic E-state index is 0.359. The van der Waals surface area contributed by atoms with Crippen LogP contribution in [0.4, 0.5) is 0 Å². The molecule has 0 rings (SSSR count). The van der Waals surface area contributed by atoms with E-state index in [1.54, 1.807) is 13.8 Å². The molecule has 0 aromatic heterocycles. The summed E-state index contributed by atoms with van der Waals surface area (Å²) in [5.41, 5.74) is -0.738. The molecule has 0 aliphatic carbocycles. The Balaban J connectivity index is 3.09. The highest BCUT2D eigenvalue weighted by Gasteiger charge is 2.11. The fourth-order valence-electron chi connectivity index (χ4n) is 0.759. The van der Waals surface area contributed by atoms with E-state index < -0.39 is 5.60 Å². The molecule has 80 valence electrons. The largest absolute Gasteiger partial charge is 0.388 e. The average Bonchev–Trinajstić information content (AvgIpc) is 1.93. The van der Waals surface area contributed by atoms with Crippen molar-refractivity contribution < 1.29 is 14.6 Å². The first-order valence-electron chi connectivity index (χ1n) is 4.79. The molecular formula is C10H22O3. The first-order chi connectivity index (χ1) is 5.92. The summed E-state index contributed by atoms with van der Waals surface area (Å²) < 4.78 is 10.5. The molecule has 13 heavy (non-hydrogen) atoms. The molecule has 0 fully saturated rings. The highest BCUT2D eigenvalue weighted by molar-refractivity contribution is 4.62. The summed E-state index contributed by atoms with van der Waals surface area (Å²) in [4.78, 5) is 0. The monoisotopic (exact) mass is 190 g/mol. The summed E-state index contributed by atoms with van der Waals surface area (Å²) in [6.07, 6.45) is 0. The van der Waals surface area contributed by atoms with Crippen LogP contribution < -0.4 is 0 Å². The van der Waals surface area contributed by atoms with Crippen LogP contribution >= 0.6 is 0 Å². The summed E-state index contributed by atoms with van der Waals surface area (Å²) in [6, 6.07) is 0. The van der Waals surface area contributed by atoms with E-state index >= 15 is 0 Å². The van der Waals surface area contributed by atoms with Crippen LogP contribution in [-0.2, 0) is 9.47 Å². The van der Waals surface area contributed by atoms with Gasteiger partial charge in [0.1, 0.15) is 0 Å². The van der Waals surface area contributed by atoms with E-state index in [9.17, 15) is 5.11 Å². The van der Waals surface area contributed by atoms with E-state index in [4.69, 9.17) is 9.47 Å². The summed E-state index contributed by atoms with van der Waals surface area (Å²) in [7, 11) is 0. The summed E-state index contributed by atoms with van der Waals surface area (Å²) in [6.45, 7) is 9.95. The van der Waals surface area contributed by atoms with Crippen molar-refractivity contribution in [2.75, 3.05) is 26.4 Å². The Morgan fingerprint density at radius 1 is 1.15 bits per heavy atom. The summed E-state index contributed by atoms with van der Waals surface area (Å²) in [5, 5.41) is 9.30. The van der Waals surface area contributed by atoms with Crippen LogP contribution in [0.25, 0.3) is 0 Å². The molecule has 0 atom stereocenters. The maximum absolute atomic E-state index is 9.30. The zero-order valence-electron chi connectivity index (χ0n) is 9.17. The molecule has 0 heterocycles.